The number of pyridine rings is 1. The summed E-state index contributed by atoms with van der Waals surface area (Å²) in [6, 6.07) is 9.48. The van der Waals surface area contributed by atoms with Crippen LogP contribution in [0.25, 0.3) is 0 Å². The van der Waals surface area contributed by atoms with Gasteiger partial charge < -0.3 is 10.6 Å². The molecule has 1 aromatic heterocycles. The van der Waals surface area contributed by atoms with E-state index >= 15 is 0 Å². The summed E-state index contributed by atoms with van der Waals surface area (Å²) in [7, 11) is 0. The van der Waals surface area contributed by atoms with Crippen molar-refractivity contribution in [2.45, 2.75) is 24.9 Å². The molecular formula is C18H20ClN3O2S. The third-order valence-electron chi connectivity index (χ3n) is 3.56. The first kappa shape index (κ1) is 19.3. The number of halogens is 1. The Labute approximate surface area is 156 Å². The zero-order valence-electron chi connectivity index (χ0n) is 14.2. The smallest absolute Gasteiger partial charge is 0.251 e. The summed E-state index contributed by atoms with van der Waals surface area (Å²) < 4.78 is 0. The summed E-state index contributed by atoms with van der Waals surface area (Å²) in [5.74, 6) is -0.674. The Balaban J connectivity index is 2.06. The molecule has 0 radical (unpaired) electrons. The quantitative estimate of drug-likeness (QED) is 0.750. The van der Waals surface area contributed by atoms with Gasteiger partial charge in [0.15, 0.2) is 0 Å². The summed E-state index contributed by atoms with van der Waals surface area (Å²) in [4.78, 5) is 29.1. The SMILES string of the molecule is CSc1ccc(NC(=O)C(NC(=O)c2ccc(Cl)cc2)C(C)C)cn1. The minimum atomic E-state index is -0.664. The number of carbonyl (C=O) groups excluding carboxylic acids is 2. The van der Waals surface area contributed by atoms with Gasteiger partial charge in [-0.15, -0.1) is 11.8 Å². The Morgan fingerprint density at radius 3 is 2.32 bits per heavy atom. The molecule has 0 bridgehead atoms. The first-order valence-electron chi connectivity index (χ1n) is 7.78. The standard InChI is InChI=1S/C18H20ClN3O2S/c1-11(2)16(22-17(23)12-4-6-13(19)7-5-12)18(24)21-14-8-9-15(25-3)20-10-14/h4-11,16H,1-3H3,(H,21,24)(H,22,23). The maximum Gasteiger partial charge on any atom is 0.251 e. The third kappa shape index (κ3) is 5.47. The van der Waals surface area contributed by atoms with Crippen molar-refractivity contribution < 1.29 is 9.59 Å². The Morgan fingerprint density at radius 2 is 1.80 bits per heavy atom. The van der Waals surface area contributed by atoms with Crippen molar-refractivity contribution >= 4 is 40.9 Å². The molecule has 0 aliphatic carbocycles. The molecule has 7 heteroatoms. The number of carbonyl (C=O) groups is 2. The van der Waals surface area contributed by atoms with Crippen molar-refractivity contribution in [3.8, 4) is 0 Å². The van der Waals surface area contributed by atoms with Gasteiger partial charge in [-0.25, -0.2) is 4.98 Å². The predicted octanol–water partition coefficient (Wildman–Crippen LogP) is 3.85. The van der Waals surface area contributed by atoms with Crippen molar-refractivity contribution in [2.24, 2.45) is 5.92 Å². The zero-order chi connectivity index (χ0) is 18.4. The lowest BCUT2D eigenvalue weighted by molar-refractivity contribution is -0.118. The molecule has 2 aromatic rings. The summed E-state index contributed by atoms with van der Waals surface area (Å²) in [6.07, 6.45) is 3.53. The number of rotatable bonds is 6. The highest BCUT2D eigenvalue weighted by atomic mass is 35.5. The van der Waals surface area contributed by atoms with Crippen molar-refractivity contribution in [2.75, 3.05) is 11.6 Å². The van der Waals surface area contributed by atoms with E-state index in [0.717, 1.165) is 5.03 Å². The number of benzene rings is 1. The largest absolute Gasteiger partial charge is 0.340 e. The predicted molar refractivity (Wildman–Crippen MR) is 102 cm³/mol. The van der Waals surface area contributed by atoms with Crippen molar-refractivity contribution in [3.63, 3.8) is 0 Å². The van der Waals surface area contributed by atoms with E-state index in [2.05, 4.69) is 15.6 Å². The van der Waals surface area contributed by atoms with Gasteiger partial charge in [0.05, 0.1) is 16.9 Å². The molecule has 2 N–H and O–H groups in total. The van der Waals surface area contributed by atoms with Crippen molar-refractivity contribution in [1.82, 2.24) is 10.3 Å². The number of aromatic nitrogens is 1. The second-order valence-corrected chi connectivity index (χ2v) is 7.04. The first-order chi connectivity index (χ1) is 11.9. The van der Waals surface area contributed by atoms with Crippen LogP contribution in [0.4, 0.5) is 5.69 Å². The molecule has 1 aromatic carbocycles. The molecule has 0 aliphatic heterocycles. The molecule has 0 saturated heterocycles. The zero-order valence-corrected chi connectivity index (χ0v) is 15.8. The molecule has 1 atom stereocenters. The molecule has 2 amide bonds. The lowest BCUT2D eigenvalue weighted by atomic mass is 10.0. The van der Waals surface area contributed by atoms with Crippen LogP contribution < -0.4 is 10.6 Å². The third-order valence-corrected chi connectivity index (χ3v) is 4.47. The van der Waals surface area contributed by atoms with Gasteiger partial charge in [0, 0.05) is 10.6 Å². The van der Waals surface area contributed by atoms with Crippen molar-refractivity contribution in [1.29, 1.82) is 0 Å². The lowest BCUT2D eigenvalue weighted by Crippen LogP contribution is -2.47. The van der Waals surface area contributed by atoms with Crippen LogP contribution in [0.5, 0.6) is 0 Å². The van der Waals surface area contributed by atoms with Gasteiger partial charge in [0.25, 0.3) is 5.91 Å². The van der Waals surface area contributed by atoms with Crippen LogP contribution >= 0.6 is 23.4 Å². The average molecular weight is 378 g/mol. The Hall–Kier alpha value is -2.05. The monoisotopic (exact) mass is 377 g/mol. The summed E-state index contributed by atoms with van der Waals surface area (Å²) in [5.41, 5.74) is 1.04. The number of amides is 2. The fraction of sp³-hybridized carbons (Fsp3) is 0.278. The average Bonchev–Trinajstić information content (AvgIpc) is 2.60. The molecule has 0 fully saturated rings. The van der Waals surface area contributed by atoms with Gasteiger partial charge in [-0.3, -0.25) is 9.59 Å². The summed E-state index contributed by atoms with van der Waals surface area (Å²) in [5, 5.41) is 6.99. The van der Waals surface area contributed by atoms with Crippen LogP contribution in [0.1, 0.15) is 24.2 Å². The van der Waals surface area contributed by atoms with Crippen LogP contribution in [0, 0.1) is 5.92 Å². The van der Waals surface area contributed by atoms with Gasteiger partial charge in [0.2, 0.25) is 5.91 Å². The molecule has 132 valence electrons. The summed E-state index contributed by atoms with van der Waals surface area (Å²) in [6.45, 7) is 3.75. The van der Waals surface area contributed by atoms with Crippen LogP contribution in [0.2, 0.25) is 5.02 Å². The highest BCUT2D eigenvalue weighted by Gasteiger charge is 2.24. The van der Waals surface area contributed by atoms with Gasteiger partial charge in [0.1, 0.15) is 6.04 Å². The minimum absolute atomic E-state index is 0.0744. The van der Waals surface area contributed by atoms with Crippen LogP contribution in [-0.2, 0) is 4.79 Å². The van der Waals surface area contributed by atoms with E-state index in [0.29, 0.717) is 16.3 Å². The molecular weight excluding hydrogens is 358 g/mol. The Bertz CT molecular complexity index is 733. The van der Waals surface area contributed by atoms with E-state index in [-0.39, 0.29) is 17.7 Å². The molecule has 5 nitrogen and oxygen atoms in total. The van der Waals surface area contributed by atoms with Crippen LogP contribution in [0.3, 0.4) is 0 Å². The minimum Gasteiger partial charge on any atom is -0.340 e. The van der Waals surface area contributed by atoms with Gasteiger partial charge in [-0.2, -0.15) is 0 Å². The number of thioether (sulfide) groups is 1. The van der Waals surface area contributed by atoms with E-state index in [1.807, 2.05) is 26.2 Å². The van der Waals surface area contributed by atoms with E-state index in [1.165, 1.54) is 11.8 Å². The van der Waals surface area contributed by atoms with E-state index in [4.69, 9.17) is 11.6 Å². The van der Waals surface area contributed by atoms with Gasteiger partial charge in [-0.1, -0.05) is 25.4 Å². The number of anilines is 1. The normalized spacial score (nSPS) is 11.9. The van der Waals surface area contributed by atoms with E-state index in [9.17, 15) is 9.59 Å². The number of hydrogen-bond acceptors (Lipinski definition) is 4. The fourth-order valence-electron chi connectivity index (χ4n) is 2.16. The molecule has 25 heavy (non-hydrogen) atoms. The van der Waals surface area contributed by atoms with Crippen LogP contribution in [-0.4, -0.2) is 29.1 Å². The van der Waals surface area contributed by atoms with E-state index in [1.54, 1.807) is 36.5 Å². The number of nitrogens with zero attached hydrogens (tertiary/aromatic N) is 1. The lowest BCUT2D eigenvalue weighted by Gasteiger charge is -2.21. The van der Waals surface area contributed by atoms with Gasteiger partial charge >= 0.3 is 0 Å². The fourth-order valence-corrected chi connectivity index (χ4v) is 2.64. The molecule has 0 aliphatic rings. The number of nitrogens with one attached hydrogen (secondary N) is 2. The highest BCUT2D eigenvalue weighted by molar-refractivity contribution is 7.98. The molecule has 1 heterocycles. The number of hydrogen-bond donors (Lipinski definition) is 2. The van der Waals surface area contributed by atoms with E-state index < -0.39 is 6.04 Å². The maximum atomic E-state index is 12.5. The molecule has 0 spiro atoms. The Kier molecular flexibility index (Phi) is 6.84. The Morgan fingerprint density at radius 1 is 1.12 bits per heavy atom. The topological polar surface area (TPSA) is 71.1 Å². The first-order valence-corrected chi connectivity index (χ1v) is 9.38. The maximum absolute atomic E-state index is 12.5. The molecule has 0 saturated carbocycles. The summed E-state index contributed by atoms with van der Waals surface area (Å²) >= 11 is 7.36. The molecule has 2 rings (SSSR count). The van der Waals surface area contributed by atoms with Crippen molar-refractivity contribution in [3.05, 3.63) is 53.2 Å². The highest BCUT2D eigenvalue weighted by Crippen LogP contribution is 2.15. The second-order valence-electron chi connectivity index (χ2n) is 5.78. The molecule has 1 unspecified atom stereocenters. The van der Waals surface area contributed by atoms with Crippen LogP contribution in [0.15, 0.2) is 47.6 Å². The van der Waals surface area contributed by atoms with Gasteiger partial charge in [-0.05, 0) is 48.6 Å². The second kappa shape index (κ2) is 8.87.